The highest BCUT2D eigenvalue weighted by atomic mass is 32.2. The van der Waals surface area contributed by atoms with Crippen LogP contribution in [-0.2, 0) is 6.18 Å². The summed E-state index contributed by atoms with van der Waals surface area (Å²) in [5.41, 5.74) is -1.74. The lowest BCUT2D eigenvalue weighted by atomic mass is 10.1. The Morgan fingerprint density at radius 3 is 2.45 bits per heavy atom. The number of benzene rings is 1. The summed E-state index contributed by atoms with van der Waals surface area (Å²) in [5.74, 6) is -2.66. The molecule has 2 heterocycles. The molecule has 0 aliphatic carbocycles. The van der Waals surface area contributed by atoms with Crippen LogP contribution >= 0.6 is 11.8 Å². The van der Waals surface area contributed by atoms with Gasteiger partial charge in [0.05, 0.1) is 23.6 Å². The van der Waals surface area contributed by atoms with Crippen LogP contribution in [0.25, 0.3) is 5.82 Å². The molecule has 14 heteroatoms. The summed E-state index contributed by atoms with van der Waals surface area (Å²) in [6.45, 7) is 1.47. The third kappa shape index (κ3) is 6.43. The number of alkyl halides is 6. The number of pyridine rings is 1. The molecule has 0 saturated carbocycles. The minimum atomic E-state index is -4.87. The minimum absolute atomic E-state index is 0.136. The van der Waals surface area contributed by atoms with Crippen molar-refractivity contribution < 1.29 is 35.5 Å². The van der Waals surface area contributed by atoms with Crippen LogP contribution < -0.4 is 5.32 Å². The fourth-order valence-electron chi connectivity index (χ4n) is 2.70. The molecule has 0 saturated heterocycles. The van der Waals surface area contributed by atoms with Gasteiger partial charge in [0.25, 0.3) is 5.91 Å². The zero-order valence-electron chi connectivity index (χ0n) is 16.6. The van der Waals surface area contributed by atoms with Gasteiger partial charge >= 0.3 is 12.4 Å². The first-order valence-corrected chi connectivity index (χ1v) is 10.1. The summed E-state index contributed by atoms with van der Waals surface area (Å²) in [5, 5.41) is 6.37. The average Bonchev–Trinajstić information content (AvgIpc) is 3.21. The number of nitrogens with one attached hydrogen (secondary N) is 1. The molecule has 33 heavy (non-hydrogen) atoms. The number of hydrogen-bond donors (Lipinski definition) is 1. The second-order valence-electron chi connectivity index (χ2n) is 6.71. The average molecular weight is 493 g/mol. The van der Waals surface area contributed by atoms with Crippen LogP contribution in [0.15, 0.2) is 47.8 Å². The largest absolute Gasteiger partial charge is 0.416 e. The molecular formula is C19H14F7N5OS. The number of thioether (sulfide) groups is 1. The normalized spacial score (nSPS) is 13.1. The summed E-state index contributed by atoms with van der Waals surface area (Å²) in [7, 11) is 0. The van der Waals surface area contributed by atoms with Crippen molar-refractivity contribution in [2.75, 3.05) is 5.75 Å². The van der Waals surface area contributed by atoms with Gasteiger partial charge < -0.3 is 5.32 Å². The van der Waals surface area contributed by atoms with Gasteiger partial charge in [0, 0.05) is 10.5 Å². The number of carbonyl (C=O) groups excluding carboxylic acids is 1. The number of nitrogens with zero attached hydrogens (tertiary/aromatic N) is 4. The second-order valence-corrected chi connectivity index (χ2v) is 7.76. The SMILES string of the molecule is CC(NC(=O)c1cc(SCC(F)(F)F)cc(C(F)(F)F)c1)c1ncnn1-c1ccc(F)cn1. The second kappa shape index (κ2) is 9.37. The molecule has 0 bridgehead atoms. The molecule has 0 fully saturated rings. The van der Waals surface area contributed by atoms with E-state index in [9.17, 15) is 35.5 Å². The van der Waals surface area contributed by atoms with Gasteiger partial charge in [0.2, 0.25) is 0 Å². The van der Waals surface area contributed by atoms with Crippen LogP contribution in [0.1, 0.15) is 34.7 Å². The lowest BCUT2D eigenvalue weighted by Gasteiger charge is -2.16. The summed E-state index contributed by atoms with van der Waals surface area (Å²) >= 11 is 0.136. The molecule has 2 aromatic heterocycles. The molecule has 1 aromatic carbocycles. The Kier molecular flexibility index (Phi) is 6.95. The molecule has 3 aromatic rings. The third-order valence-electron chi connectivity index (χ3n) is 4.14. The van der Waals surface area contributed by atoms with Crippen molar-refractivity contribution in [3.05, 3.63) is 65.6 Å². The smallest absolute Gasteiger partial charge is 0.342 e. The third-order valence-corrected chi connectivity index (χ3v) is 5.18. The van der Waals surface area contributed by atoms with Crippen molar-refractivity contribution in [3.8, 4) is 5.82 Å². The highest BCUT2D eigenvalue weighted by Gasteiger charge is 2.33. The van der Waals surface area contributed by atoms with Gasteiger partial charge in [0.1, 0.15) is 12.1 Å². The predicted octanol–water partition coefficient (Wildman–Crippen LogP) is 4.97. The Morgan fingerprint density at radius 2 is 1.85 bits per heavy atom. The maximum absolute atomic E-state index is 13.2. The maximum atomic E-state index is 13.2. The monoisotopic (exact) mass is 493 g/mol. The highest BCUT2D eigenvalue weighted by Crippen LogP contribution is 2.35. The van der Waals surface area contributed by atoms with Crippen molar-refractivity contribution in [1.29, 1.82) is 0 Å². The Bertz CT molecular complexity index is 1130. The van der Waals surface area contributed by atoms with Crippen LogP contribution in [0.3, 0.4) is 0 Å². The summed E-state index contributed by atoms with van der Waals surface area (Å²) in [6, 6.07) is 3.57. The van der Waals surface area contributed by atoms with E-state index in [2.05, 4.69) is 20.4 Å². The molecule has 0 spiro atoms. The van der Waals surface area contributed by atoms with Crippen molar-refractivity contribution in [3.63, 3.8) is 0 Å². The van der Waals surface area contributed by atoms with Crippen LogP contribution in [0.4, 0.5) is 30.7 Å². The lowest BCUT2D eigenvalue weighted by Crippen LogP contribution is -2.29. The number of halogens is 7. The van der Waals surface area contributed by atoms with Crippen molar-refractivity contribution in [2.24, 2.45) is 0 Å². The minimum Gasteiger partial charge on any atom is -0.342 e. The lowest BCUT2D eigenvalue weighted by molar-refractivity contribution is -0.137. The standard InChI is InChI=1S/C19H14F7N5OS/c1-10(16-28-9-29-31(16)15-3-2-13(20)7-27-15)30-17(32)11-4-12(19(24,25)26)6-14(5-11)33-8-18(21,22)23/h2-7,9-10H,8H2,1H3,(H,30,32). The molecule has 0 aliphatic rings. The molecule has 3 rings (SSSR count). The Morgan fingerprint density at radius 1 is 1.12 bits per heavy atom. The van der Waals surface area contributed by atoms with E-state index in [0.29, 0.717) is 12.1 Å². The molecule has 0 radical (unpaired) electrons. The number of rotatable bonds is 6. The number of amides is 1. The van der Waals surface area contributed by atoms with E-state index in [-0.39, 0.29) is 28.3 Å². The van der Waals surface area contributed by atoms with E-state index in [1.165, 1.54) is 17.7 Å². The number of hydrogen-bond acceptors (Lipinski definition) is 5. The summed E-state index contributed by atoms with van der Waals surface area (Å²) in [6.07, 6.45) is -7.40. The van der Waals surface area contributed by atoms with Crippen molar-refractivity contribution in [2.45, 2.75) is 30.2 Å². The van der Waals surface area contributed by atoms with Crippen LogP contribution in [0.5, 0.6) is 0 Å². The predicted molar refractivity (Wildman–Crippen MR) is 103 cm³/mol. The number of carbonyl (C=O) groups is 1. The van der Waals surface area contributed by atoms with E-state index in [1.807, 2.05) is 0 Å². The maximum Gasteiger partial charge on any atom is 0.416 e. The molecule has 1 amide bonds. The van der Waals surface area contributed by atoms with Gasteiger partial charge in [-0.1, -0.05) is 0 Å². The van der Waals surface area contributed by atoms with Crippen molar-refractivity contribution >= 4 is 17.7 Å². The zero-order valence-corrected chi connectivity index (χ0v) is 17.4. The number of aromatic nitrogens is 4. The summed E-state index contributed by atoms with van der Waals surface area (Å²) in [4.78, 5) is 20.1. The van der Waals surface area contributed by atoms with E-state index in [1.54, 1.807) is 0 Å². The molecule has 6 nitrogen and oxygen atoms in total. The van der Waals surface area contributed by atoms with Crippen LogP contribution in [0, 0.1) is 5.82 Å². The van der Waals surface area contributed by atoms with E-state index < -0.39 is 47.0 Å². The molecular weight excluding hydrogens is 479 g/mol. The van der Waals surface area contributed by atoms with Crippen LogP contribution in [-0.4, -0.2) is 37.6 Å². The summed E-state index contributed by atoms with van der Waals surface area (Å²) < 4.78 is 91.5. The van der Waals surface area contributed by atoms with Gasteiger partial charge in [-0.3, -0.25) is 4.79 Å². The first-order chi connectivity index (χ1) is 15.3. The quantitative estimate of drug-likeness (QED) is 0.388. The Hall–Kier alpha value is -3.16. The topological polar surface area (TPSA) is 72.7 Å². The molecule has 1 N–H and O–H groups in total. The van der Waals surface area contributed by atoms with E-state index in [4.69, 9.17) is 0 Å². The Labute approximate surface area is 186 Å². The van der Waals surface area contributed by atoms with Gasteiger partial charge in [-0.15, -0.1) is 11.8 Å². The van der Waals surface area contributed by atoms with Gasteiger partial charge in [-0.2, -0.15) is 36.1 Å². The Balaban J connectivity index is 1.85. The fraction of sp³-hybridized carbons (Fsp3) is 0.263. The van der Waals surface area contributed by atoms with Gasteiger partial charge in [-0.05, 0) is 37.3 Å². The van der Waals surface area contributed by atoms with Gasteiger partial charge in [0.15, 0.2) is 11.6 Å². The first-order valence-electron chi connectivity index (χ1n) is 9.08. The highest BCUT2D eigenvalue weighted by molar-refractivity contribution is 7.99. The first kappa shape index (κ1) is 24.5. The van der Waals surface area contributed by atoms with E-state index >= 15 is 0 Å². The van der Waals surface area contributed by atoms with E-state index in [0.717, 1.165) is 24.7 Å². The van der Waals surface area contributed by atoms with Crippen LogP contribution in [0.2, 0.25) is 0 Å². The molecule has 176 valence electrons. The molecule has 1 atom stereocenters. The van der Waals surface area contributed by atoms with Gasteiger partial charge in [-0.25, -0.2) is 14.4 Å². The van der Waals surface area contributed by atoms with Crippen molar-refractivity contribution in [1.82, 2.24) is 25.1 Å². The zero-order chi connectivity index (χ0) is 24.4. The fourth-order valence-corrected chi connectivity index (χ4v) is 3.45. The molecule has 0 aliphatic heterocycles. The molecule has 1 unspecified atom stereocenters.